The number of carbonyl (C=O) groups excluding carboxylic acids is 1. The van der Waals surface area contributed by atoms with Crippen molar-refractivity contribution in [3.05, 3.63) is 5.01 Å². The van der Waals surface area contributed by atoms with Crippen molar-refractivity contribution in [1.29, 1.82) is 5.26 Å². The molecule has 0 spiro atoms. The predicted octanol–water partition coefficient (Wildman–Crippen LogP) is 0.972. The molecular formula is C11H17N5O2S. The maximum atomic E-state index is 12.2. The highest BCUT2D eigenvalue weighted by Gasteiger charge is 2.19. The molecule has 0 aliphatic heterocycles. The van der Waals surface area contributed by atoms with E-state index < -0.39 is 0 Å². The molecule has 7 nitrogen and oxygen atoms in total. The lowest BCUT2D eigenvalue weighted by molar-refractivity contribution is 0.0698. The van der Waals surface area contributed by atoms with Crippen LogP contribution >= 0.6 is 11.3 Å². The minimum atomic E-state index is -0.214. The molecule has 1 N–H and O–H groups in total. The van der Waals surface area contributed by atoms with Crippen LogP contribution in [0.2, 0.25) is 0 Å². The molecular weight excluding hydrogens is 266 g/mol. The number of carbonyl (C=O) groups is 1. The van der Waals surface area contributed by atoms with Gasteiger partial charge >= 0.3 is 0 Å². The molecule has 1 heterocycles. The van der Waals surface area contributed by atoms with Gasteiger partial charge in [0.15, 0.2) is 0 Å². The number of nitrogens with one attached hydrogen (secondary N) is 1. The molecule has 0 saturated heterocycles. The lowest BCUT2D eigenvalue weighted by Crippen LogP contribution is -2.34. The van der Waals surface area contributed by atoms with Crippen LogP contribution in [0.25, 0.3) is 0 Å². The molecule has 0 unspecified atom stereocenters. The van der Waals surface area contributed by atoms with Crippen LogP contribution in [0.4, 0.5) is 5.13 Å². The smallest absolute Gasteiger partial charge is 0.285 e. The summed E-state index contributed by atoms with van der Waals surface area (Å²) in [5.74, 6) is -0.214. The van der Waals surface area contributed by atoms with E-state index in [0.29, 0.717) is 29.8 Å². The quantitative estimate of drug-likeness (QED) is 0.764. The van der Waals surface area contributed by atoms with Crippen molar-refractivity contribution in [2.75, 3.05) is 38.7 Å². The Morgan fingerprint density at radius 1 is 1.53 bits per heavy atom. The Balaban J connectivity index is 2.70. The van der Waals surface area contributed by atoms with Gasteiger partial charge in [0.1, 0.15) is 0 Å². The molecule has 1 aromatic rings. The highest BCUT2D eigenvalue weighted by Crippen LogP contribution is 2.16. The second kappa shape index (κ2) is 8.39. The minimum absolute atomic E-state index is 0.214. The van der Waals surface area contributed by atoms with E-state index in [1.165, 1.54) is 11.3 Å². The van der Waals surface area contributed by atoms with Gasteiger partial charge in [0, 0.05) is 26.7 Å². The number of hydrogen-bond donors (Lipinski definition) is 1. The molecule has 1 aromatic heterocycles. The maximum Gasteiger partial charge on any atom is 0.285 e. The molecule has 0 aliphatic rings. The number of aromatic nitrogens is 2. The number of anilines is 1. The molecule has 0 saturated carbocycles. The molecule has 104 valence electrons. The molecule has 1 amide bonds. The topological polar surface area (TPSA) is 91.1 Å². The first-order valence-electron chi connectivity index (χ1n) is 5.95. The summed E-state index contributed by atoms with van der Waals surface area (Å²) in [4.78, 5) is 13.8. The van der Waals surface area contributed by atoms with Gasteiger partial charge in [-0.1, -0.05) is 11.3 Å². The highest BCUT2D eigenvalue weighted by molar-refractivity contribution is 7.17. The summed E-state index contributed by atoms with van der Waals surface area (Å²) in [6.07, 6.45) is 0.286. The van der Waals surface area contributed by atoms with Crippen molar-refractivity contribution in [3.8, 4) is 6.07 Å². The normalized spacial score (nSPS) is 9.95. The summed E-state index contributed by atoms with van der Waals surface area (Å²) >= 11 is 1.21. The monoisotopic (exact) mass is 283 g/mol. The van der Waals surface area contributed by atoms with Crippen molar-refractivity contribution in [2.24, 2.45) is 0 Å². The lowest BCUT2D eigenvalue weighted by Gasteiger charge is -2.19. The van der Waals surface area contributed by atoms with Crippen LogP contribution < -0.4 is 5.32 Å². The third-order valence-electron chi connectivity index (χ3n) is 2.28. The number of methoxy groups -OCH3 is 1. The van der Waals surface area contributed by atoms with Crippen LogP contribution in [0.5, 0.6) is 0 Å². The number of hydrogen-bond acceptors (Lipinski definition) is 7. The molecule has 8 heteroatoms. The zero-order valence-corrected chi connectivity index (χ0v) is 11.9. The highest BCUT2D eigenvalue weighted by atomic mass is 32.1. The van der Waals surface area contributed by atoms with E-state index in [-0.39, 0.29) is 12.3 Å². The van der Waals surface area contributed by atoms with Gasteiger partial charge in [0.05, 0.1) is 19.1 Å². The second-order valence-corrected chi connectivity index (χ2v) is 4.61. The Labute approximate surface area is 116 Å². The largest absolute Gasteiger partial charge is 0.383 e. The Morgan fingerprint density at radius 2 is 2.32 bits per heavy atom. The summed E-state index contributed by atoms with van der Waals surface area (Å²) in [6.45, 7) is 3.91. The fourth-order valence-corrected chi connectivity index (χ4v) is 2.15. The SMILES string of the molecule is CCNc1nnc(C(=O)N(CCC#N)CCOC)s1. The Hall–Kier alpha value is -1.72. The van der Waals surface area contributed by atoms with Gasteiger partial charge in [-0.3, -0.25) is 4.79 Å². The fourth-order valence-electron chi connectivity index (χ4n) is 1.37. The van der Waals surface area contributed by atoms with E-state index in [4.69, 9.17) is 10.00 Å². The Kier molecular flexibility index (Phi) is 6.78. The number of nitriles is 1. The number of rotatable bonds is 8. The van der Waals surface area contributed by atoms with Crippen molar-refractivity contribution >= 4 is 22.4 Å². The maximum absolute atomic E-state index is 12.2. The van der Waals surface area contributed by atoms with Crippen LogP contribution in [0, 0.1) is 11.3 Å². The second-order valence-electron chi connectivity index (χ2n) is 3.64. The fraction of sp³-hybridized carbons (Fsp3) is 0.636. The van der Waals surface area contributed by atoms with Crippen molar-refractivity contribution in [2.45, 2.75) is 13.3 Å². The van der Waals surface area contributed by atoms with E-state index in [9.17, 15) is 4.79 Å². The van der Waals surface area contributed by atoms with Crippen LogP contribution in [-0.2, 0) is 4.74 Å². The van der Waals surface area contributed by atoms with Crippen LogP contribution in [0.3, 0.4) is 0 Å². The van der Waals surface area contributed by atoms with E-state index >= 15 is 0 Å². The zero-order chi connectivity index (χ0) is 14.1. The minimum Gasteiger partial charge on any atom is -0.383 e. The van der Waals surface area contributed by atoms with Gasteiger partial charge in [-0.05, 0) is 6.92 Å². The zero-order valence-electron chi connectivity index (χ0n) is 11.0. The predicted molar refractivity (Wildman–Crippen MR) is 72.1 cm³/mol. The average Bonchev–Trinajstić information content (AvgIpc) is 2.87. The van der Waals surface area contributed by atoms with Crippen LogP contribution in [0.15, 0.2) is 0 Å². The van der Waals surface area contributed by atoms with Crippen molar-refractivity contribution in [1.82, 2.24) is 15.1 Å². The van der Waals surface area contributed by atoms with E-state index in [1.54, 1.807) is 12.0 Å². The van der Waals surface area contributed by atoms with E-state index in [2.05, 4.69) is 15.5 Å². The van der Waals surface area contributed by atoms with Gasteiger partial charge in [-0.2, -0.15) is 5.26 Å². The molecule has 1 rings (SSSR count). The van der Waals surface area contributed by atoms with Crippen LogP contribution in [0.1, 0.15) is 23.1 Å². The number of amides is 1. The van der Waals surface area contributed by atoms with Gasteiger partial charge in [-0.25, -0.2) is 0 Å². The molecule has 0 radical (unpaired) electrons. The first-order chi connectivity index (χ1) is 9.22. The third-order valence-corrected chi connectivity index (χ3v) is 3.15. The standard InChI is InChI=1S/C11H17N5O2S/c1-3-13-11-15-14-9(19-11)10(17)16(6-4-5-12)7-8-18-2/h3-4,6-8H2,1-2H3,(H,13,15). The van der Waals surface area contributed by atoms with Crippen molar-refractivity contribution in [3.63, 3.8) is 0 Å². The summed E-state index contributed by atoms with van der Waals surface area (Å²) in [5.41, 5.74) is 0. The number of nitrogens with zero attached hydrogens (tertiary/aromatic N) is 4. The third kappa shape index (κ3) is 4.81. The molecule has 0 atom stereocenters. The van der Waals surface area contributed by atoms with Gasteiger partial charge in [0.2, 0.25) is 10.1 Å². The first kappa shape index (κ1) is 15.3. The molecule has 0 bridgehead atoms. The van der Waals surface area contributed by atoms with Gasteiger partial charge in [-0.15, -0.1) is 10.2 Å². The number of ether oxygens (including phenoxy) is 1. The summed E-state index contributed by atoms with van der Waals surface area (Å²) < 4.78 is 4.96. The molecule has 0 aliphatic carbocycles. The van der Waals surface area contributed by atoms with E-state index in [1.807, 2.05) is 13.0 Å². The summed E-state index contributed by atoms with van der Waals surface area (Å²) in [6, 6.07) is 2.03. The summed E-state index contributed by atoms with van der Waals surface area (Å²) in [5, 5.41) is 20.3. The summed E-state index contributed by atoms with van der Waals surface area (Å²) in [7, 11) is 1.57. The Morgan fingerprint density at radius 3 is 2.95 bits per heavy atom. The van der Waals surface area contributed by atoms with Crippen LogP contribution in [-0.4, -0.2) is 54.4 Å². The molecule has 0 aromatic carbocycles. The van der Waals surface area contributed by atoms with Gasteiger partial charge in [0.25, 0.3) is 5.91 Å². The van der Waals surface area contributed by atoms with E-state index in [0.717, 1.165) is 6.54 Å². The van der Waals surface area contributed by atoms with Gasteiger partial charge < -0.3 is 15.0 Å². The molecule has 19 heavy (non-hydrogen) atoms. The average molecular weight is 283 g/mol. The lowest BCUT2D eigenvalue weighted by atomic mass is 10.4. The molecule has 0 fully saturated rings. The Bertz CT molecular complexity index is 443. The van der Waals surface area contributed by atoms with Crippen molar-refractivity contribution < 1.29 is 9.53 Å². The first-order valence-corrected chi connectivity index (χ1v) is 6.77.